The van der Waals surface area contributed by atoms with Crippen molar-refractivity contribution in [2.45, 2.75) is 55.9 Å². The van der Waals surface area contributed by atoms with E-state index in [1.54, 1.807) is 24.1 Å². The van der Waals surface area contributed by atoms with Gasteiger partial charge < -0.3 is 10.2 Å². The second-order valence-electron chi connectivity index (χ2n) is 9.28. The van der Waals surface area contributed by atoms with E-state index in [1.165, 1.54) is 16.4 Å². The Hall–Kier alpha value is -2.71. The first kappa shape index (κ1) is 24.4. The fourth-order valence-corrected chi connectivity index (χ4v) is 6.32. The van der Waals surface area contributed by atoms with Gasteiger partial charge in [0.15, 0.2) is 0 Å². The summed E-state index contributed by atoms with van der Waals surface area (Å²) in [6, 6.07) is 15.5. The number of likely N-dealkylation sites (tertiary alicyclic amines) is 1. The van der Waals surface area contributed by atoms with Crippen LogP contribution in [0.2, 0.25) is 0 Å². The number of sulfonamides is 1. The number of hydrogen-bond donors (Lipinski definition) is 1. The summed E-state index contributed by atoms with van der Waals surface area (Å²) >= 11 is 0. The van der Waals surface area contributed by atoms with Crippen molar-refractivity contribution in [1.82, 2.24) is 9.21 Å². The normalized spacial score (nSPS) is 19.7. The van der Waals surface area contributed by atoms with Crippen molar-refractivity contribution in [1.29, 1.82) is 0 Å². The van der Waals surface area contributed by atoms with Crippen LogP contribution in [0.1, 0.15) is 55.3 Å². The first-order valence-corrected chi connectivity index (χ1v) is 13.5. The van der Waals surface area contributed by atoms with E-state index in [9.17, 15) is 18.0 Å². The van der Waals surface area contributed by atoms with Gasteiger partial charge in [0.2, 0.25) is 15.9 Å². The van der Waals surface area contributed by atoms with E-state index >= 15 is 0 Å². The second kappa shape index (κ2) is 10.7. The molecule has 1 N–H and O–H groups in total. The van der Waals surface area contributed by atoms with Crippen LogP contribution in [-0.2, 0) is 14.8 Å². The van der Waals surface area contributed by atoms with Gasteiger partial charge in [-0.1, -0.05) is 37.5 Å². The van der Waals surface area contributed by atoms with E-state index < -0.39 is 10.0 Å². The minimum Gasteiger partial charge on any atom is -0.338 e. The van der Waals surface area contributed by atoms with Crippen molar-refractivity contribution in [3.63, 3.8) is 0 Å². The summed E-state index contributed by atoms with van der Waals surface area (Å²) in [6.07, 6.45) is 6.52. The quantitative estimate of drug-likeness (QED) is 0.669. The maximum atomic E-state index is 13.1. The SMILES string of the molecule is CN(C1CCCCC1)S(=O)(=O)c1ccc(C(=O)N2CCC[C@H](C(=O)Nc3ccccc3)C2)cc1. The molecule has 34 heavy (non-hydrogen) atoms. The van der Waals surface area contributed by atoms with E-state index in [4.69, 9.17) is 0 Å². The lowest BCUT2D eigenvalue weighted by molar-refractivity contribution is -0.121. The Morgan fingerprint density at radius 1 is 0.912 bits per heavy atom. The van der Waals surface area contributed by atoms with Gasteiger partial charge in [-0.3, -0.25) is 9.59 Å². The Kier molecular flexibility index (Phi) is 7.68. The fraction of sp³-hybridized carbons (Fsp3) is 0.462. The number of anilines is 1. The number of nitrogens with zero attached hydrogens (tertiary/aromatic N) is 2. The van der Waals surface area contributed by atoms with Crippen LogP contribution >= 0.6 is 0 Å². The minimum absolute atomic E-state index is 0.0346. The smallest absolute Gasteiger partial charge is 0.253 e. The lowest BCUT2D eigenvalue weighted by Crippen LogP contribution is -2.43. The first-order valence-electron chi connectivity index (χ1n) is 12.1. The summed E-state index contributed by atoms with van der Waals surface area (Å²) in [6.45, 7) is 0.931. The number of amides is 2. The zero-order chi connectivity index (χ0) is 24.1. The van der Waals surface area contributed by atoms with Gasteiger partial charge in [0.25, 0.3) is 5.91 Å². The average Bonchev–Trinajstić information content (AvgIpc) is 2.89. The van der Waals surface area contributed by atoms with Gasteiger partial charge in [0, 0.05) is 37.4 Å². The highest BCUT2D eigenvalue weighted by molar-refractivity contribution is 7.89. The topological polar surface area (TPSA) is 86.8 Å². The van der Waals surface area contributed by atoms with E-state index in [0.717, 1.165) is 50.6 Å². The molecule has 7 nitrogen and oxygen atoms in total. The highest BCUT2D eigenvalue weighted by Gasteiger charge is 2.31. The van der Waals surface area contributed by atoms with Crippen LogP contribution in [0.25, 0.3) is 0 Å². The molecule has 2 aliphatic rings. The summed E-state index contributed by atoms with van der Waals surface area (Å²) in [7, 11) is -1.95. The Labute approximate surface area is 202 Å². The molecule has 1 saturated carbocycles. The van der Waals surface area contributed by atoms with Gasteiger partial charge in [-0.05, 0) is 62.1 Å². The second-order valence-corrected chi connectivity index (χ2v) is 11.3. The van der Waals surface area contributed by atoms with Gasteiger partial charge in [0.1, 0.15) is 0 Å². The molecule has 1 atom stereocenters. The van der Waals surface area contributed by atoms with E-state index in [0.29, 0.717) is 18.7 Å². The fourth-order valence-electron chi connectivity index (χ4n) is 4.90. The summed E-state index contributed by atoms with van der Waals surface area (Å²) in [5.74, 6) is -0.542. The molecule has 2 aromatic carbocycles. The summed E-state index contributed by atoms with van der Waals surface area (Å²) < 4.78 is 27.6. The molecule has 0 spiro atoms. The highest BCUT2D eigenvalue weighted by Crippen LogP contribution is 2.27. The van der Waals surface area contributed by atoms with Crippen molar-refractivity contribution in [3.8, 4) is 0 Å². The van der Waals surface area contributed by atoms with Gasteiger partial charge in [-0.2, -0.15) is 4.31 Å². The van der Waals surface area contributed by atoms with E-state index in [-0.39, 0.29) is 28.7 Å². The predicted octanol–water partition coefficient (Wildman–Crippen LogP) is 4.13. The van der Waals surface area contributed by atoms with Crippen molar-refractivity contribution in [2.75, 3.05) is 25.5 Å². The molecule has 2 fully saturated rings. The van der Waals surface area contributed by atoms with Crippen molar-refractivity contribution >= 4 is 27.5 Å². The molecule has 182 valence electrons. The number of para-hydroxylation sites is 1. The first-order chi connectivity index (χ1) is 16.4. The molecule has 0 radical (unpaired) electrons. The Morgan fingerprint density at radius 2 is 1.59 bits per heavy atom. The molecule has 2 amide bonds. The van der Waals surface area contributed by atoms with Gasteiger partial charge in [0.05, 0.1) is 10.8 Å². The molecule has 1 saturated heterocycles. The van der Waals surface area contributed by atoms with Crippen molar-refractivity contribution in [3.05, 3.63) is 60.2 Å². The molecule has 1 aliphatic carbocycles. The van der Waals surface area contributed by atoms with Crippen LogP contribution in [0.15, 0.2) is 59.5 Å². The molecular formula is C26H33N3O4S. The van der Waals surface area contributed by atoms with Crippen LogP contribution in [0, 0.1) is 5.92 Å². The summed E-state index contributed by atoms with van der Waals surface area (Å²) in [5.41, 5.74) is 1.18. The van der Waals surface area contributed by atoms with Crippen molar-refractivity contribution < 1.29 is 18.0 Å². The summed E-state index contributed by atoms with van der Waals surface area (Å²) in [5, 5.41) is 2.92. The number of carbonyl (C=O) groups excluding carboxylic acids is 2. The molecule has 2 aromatic rings. The Morgan fingerprint density at radius 3 is 2.26 bits per heavy atom. The highest BCUT2D eigenvalue weighted by atomic mass is 32.2. The molecular weight excluding hydrogens is 450 g/mol. The lowest BCUT2D eigenvalue weighted by atomic mass is 9.96. The average molecular weight is 484 g/mol. The maximum absolute atomic E-state index is 13.1. The third kappa shape index (κ3) is 5.50. The number of piperidine rings is 1. The number of carbonyl (C=O) groups is 2. The molecule has 0 aromatic heterocycles. The number of hydrogen-bond acceptors (Lipinski definition) is 4. The molecule has 1 heterocycles. The standard InChI is InChI=1S/C26H33N3O4S/c1-28(23-12-6-3-7-13-23)34(32,33)24-16-14-20(15-17-24)26(31)29-18-8-9-21(19-29)25(30)27-22-10-4-2-5-11-22/h2,4-5,10-11,14-17,21,23H,3,6-9,12-13,18-19H2,1H3,(H,27,30)/t21-/m0/s1. The van der Waals surface area contributed by atoms with Crippen LogP contribution < -0.4 is 5.32 Å². The Balaban J connectivity index is 1.40. The molecule has 8 heteroatoms. The zero-order valence-electron chi connectivity index (χ0n) is 19.7. The lowest BCUT2D eigenvalue weighted by Gasteiger charge is -2.32. The third-order valence-electron chi connectivity index (χ3n) is 6.99. The summed E-state index contributed by atoms with van der Waals surface area (Å²) in [4.78, 5) is 27.7. The minimum atomic E-state index is -3.60. The molecule has 4 rings (SSSR count). The third-order valence-corrected chi connectivity index (χ3v) is 8.91. The number of benzene rings is 2. The Bertz CT molecular complexity index is 1100. The molecule has 0 unspecified atom stereocenters. The van der Waals surface area contributed by atoms with Gasteiger partial charge in [-0.15, -0.1) is 0 Å². The largest absolute Gasteiger partial charge is 0.338 e. The number of rotatable bonds is 6. The predicted molar refractivity (Wildman–Crippen MR) is 132 cm³/mol. The van der Waals surface area contributed by atoms with E-state index in [1.807, 2.05) is 30.3 Å². The maximum Gasteiger partial charge on any atom is 0.253 e. The van der Waals surface area contributed by atoms with Gasteiger partial charge >= 0.3 is 0 Å². The van der Waals surface area contributed by atoms with Gasteiger partial charge in [-0.25, -0.2) is 8.42 Å². The van der Waals surface area contributed by atoms with Crippen LogP contribution in [0.4, 0.5) is 5.69 Å². The van der Waals surface area contributed by atoms with Crippen molar-refractivity contribution in [2.24, 2.45) is 5.92 Å². The zero-order valence-corrected chi connectivity index (χ0v) is 20.5. The van der Waals surface area contributed by atoms with Crippen LogP contribution in [-0.4, -0.2) is 55.6 Å². The van der Waals surface area contributed by atoms with Crippen LogP contribution in [0.5, 0.6) is 0 Å². The number of nitrogens with one attached hydrogen (secondary N) is 1. The molecule has 0 bridgehead atoms. The van der Waals surface area contributed by atoms with Crippen LogP contribution in [0.3, 0.4) is 0 Å². The van der Waals surface area contributed by atoms with E-state index in [2.05, 4.69) is 5.32 Å². The monoisotopic (exact) mass is 483 g/mol. The molecule has 1 aliphatic heterocycles.